The van der Waals surface area contributed by atoms with Gasteiger partial charge in [0, 0.05) is 5.92 Å². The third kappa shape index (κ3) is 2.02. The summed E-state index contributed by atoms with van der Waals surface area (Å²) < 4.78 is 11.4. The van der Waals surface area contributed by atoms with Gasteiger partial charge in [-0.1, -0.05) is 42.0 Å². The standard InChI is InChI=1S/C16H11O2.Au/c1-3-7-14-11(5-1)9-13-12-6-2-4-8-15(12)17-10-16(13)18-14;/h1-8,13H,9H2;/q-1;+1/t13-;/m0./s1. The monoisotopic (exact) mass is 432 g/mol. The van der Waals surface area contributed by atoms with Crippen molar-refractivity contribution in [2.24, 2.45) is 0 Å². The Hall–Kier alpha value is -1.48. The Morgan fingerprint density at radius 3 is 2.58 bits per heavy atom. The van der Waals surface area contributed by atoms with E-state index in [1.54, 1.807) is 0 Å². The molecule has 2 aliphatic heterocycles. The van der Waals surface area contributed by atoms with Crippen LogP contribution in [-0.2, 0) is 28.8 Å². The van der Waals surface area contributed by atoms with Crippen molar-refractivity contribution < 1.29 is 31.9 Å². The summed E-state index contributed by atoms with van der Waals surface area (Å²) in [5, 5.41) is 0. The van der Waals surface area contributed by atoms with Gasteiger partial charge in [0.25, 0.3) is 0 Å². The summed E-state index contributed by atoms with van der Waals surface area (Å²) in [6.45, 7) is 0. The van der Waals surface area contributed by atoms with Gasteiger partial charge in [-0.05, 0) is 30.1 Å². The molecule has 2 aliphatic rings. The van der Waals surface area contributed by atoms with E-state index in [2.05, 4.69) is 18.4 Å². The maximum Gasteiger partial charge on any atom is 1.00 e. The van der Waals surface area contributed by atoms with Gasteiger partial charge in [0.05, 0.1) is 5.76 Å². The number of benzene rings is 2. The second-order valence-electron chi connectivity index (χ2n) is 4.57. The van der Waals surface area contributed by atoms with Crippen LogP contribution in [0.5, 0.6) is 11.5 Å². The number of hydrogen-bond donors (Lipinski definition) is 0. The van der Waals surface area contributed by atoms with Crippen LogP contribution in [0.2, 0.25) is 0 Å². The predicted octanol–water partition coefficient (Wildman–Crippen LogP) is 3.44. The minimum Gasteiger partial charge on any atom is -0.638 e. The molecule has 0 saturated carbocycles. The van der Waals surface area contributed by atoms with Gasteiger partial charge in [0.1, 0.15) is 5.75 Å². The quantitative estimate of drug-likeness (QED) is 0.469. The van der Waals surface area contributed by atoms with Crippen LogP contribution < -0.4 is 9.47 Å². The summed E-state index contributed by atoms with van der Waals surface area (Å²) in [6, 6.07) is 16.2. The van der Waals surface area contributed by atoms with Crippen molar-refractivity contribution in [1.29, 1.82) is 0 Å². The molecule has 0 unspecified atom stereocenters. The van der Waals surface area contributed by atoms with Crippen molar-refractivity contribution in [3.8, 4) is 11.5 Å². The van der Waals surface area contributed by atoms with Crippen LogP contribution in [0.15, 0.2) is 54.3 Å². The van der Waals surface area contributed by atoms with Crippen LogP contribution in [-0.4, -0.2) is 0 Å². The number of para-hydroxylation sites is 2. The summed E-state index contributed by atoms with van der Waals surface area (Å²) in [5.74, 6) is 2.81. The summed E-state index contributed by atoms with van der Waals surface area (Å²) in [7, 11) is 0. The molecule has 0 bridgehead atoms. The zero-order valence-electron chi connectivity index (χ0n) is 10.0. The molecule has 98 valence electrons. The Balaban J connectivity index is 0.00000110. The number of fused-ring (bicyclic) bond motifs is 4. The van der Waals surface area contributed by atoms with Crippen molar-refractivity contribution in [3.05, 3.63) is 71.7 Å². The molecule has 3 heteroatoms. The number of ether oxygens (including phenoxy) is 2. The summed E-state index contributed by atoms with van der Waals surface area (Å²) in [6.07, 6.45) is 3.86. The molecule has 0 aliphatic carbocycles. The topological polar surface area (TPSA) is 18.5 Å². The van der Waals surface area contributed by atoms with E-state index < -0.39 is 0 Å². The molecule has 1 atom stereocenters. The van der Waals surface area contributed by atoms with E-state index >= 15 is 0 Å². The van der Waals surface area contributed by atoms with Gasteiger partial charge >= 0.3 is 22.4 Å². The third-order valence-electron chi connectivity index (χ3n) is 3.49. The van der Waals surface area contributed by atoms with Crippen molar-refractivity contribution in [3.63, 3.8) is 0 Å². The summed E-state index contributed by atoms with van der Waals surface area (Å²) in [4.78, 5) is 0. The average molecular weight is 432 g/mol. The minimum absolute atomic E-state index is 0. The Labute approximate surface area is 127 Å². The molecule has 2 heterocycles. The summed E-state index contributed by atoms with van der Waals surface area (Å²) >= 11 is 0. The molecule has 0 fully saturated rings. The van der Waals surface area contributed by atoms with Gasteiger partial charge in [-0.3, -0.25) is 0 Å². The van der Waals surface area contributed by atoms with Crippen molar-refractivity contribution >= 4 is 0 Å². The van der Waals surface area contributed by atoms with Crippen molar-refractivity contribution in [1.82, 2.24) is 0 Å². The second kappa shape index (κ2) is 4.89. The van der Waals surface area contributed by atoms with E-state index in [4.69, 9.17) is 9.47 Å². The maximum atomic E-state index is 5.87. The molecule has 19 heavy (non-hydrogen) atoms. The fourth-order valence-corrected chi connectivity index (χ4v) is 2.58. The van der Waals surface area contributed by atoms with Gasteiger partial charge in [-0.25, -0.2) is 0 Å². The fourth-order valence-electron chi connectivity index (χ4n) is 2.58. The third-order valence-corrected chi connectivity index (χ3v) is 3.49. The molecule has 2 nitrogen and oxygen atoms in total. The minimum atomic E-state index is 0. The molecule has 2 aromatic rings. The van der Waals surface area contributed by atoms with E-state index in [0.717, 1.165) is 23.7 Å². The Morgan fingerprint density at radius 2 is 1.68 bits per heavy atom. The zero-order valence-corrected chi connectivity index (χ0v) is 12.2. The molecule has 0 saturated heterocycles. The summed E-state index contributed by atoms with van der Waals surface area (Å²) in [5.41, 5.74) is 2.42. The SMILES string of the molecule is [Au+].[C-]1=C2Oc3ccccc3C[C@H]2c2ccccc2O1. The fraction of sp³-hybridized carbons (Fsp3) is 0.125. The van der Waals surface area contributed by atoms with Crippen molar-refractivity contribution in [2.75, 3.05) is 0 Å². The number of rotatable bonds is 0. The van der Waals surface area contributed by atoms with Gasteiger partial charge in [-0.2, -0.15) is 0 Å². The largest absolute Gasteiger partial charge is 1.00 e. The molecule has 0 radical (unpaired) electrons. The van der Waals surface area contributed by atoms with Gasteiger partial charge in [0.15, 0.2) is 0 Å². The molecule has 0 spiro atoms. The first-order valence-electron chi connectivity index (χ1n) is 6.06. The Kier molecular flexibility index (Phi) is 3.23. The molecule has 4 rings (SSSR count). The molecular weight excluding hydrogens is 421 g/mol. The molecule has 2 aromatic carbocycles. The second-order valence-corrected chi connectivity index (χ2v) is 4.57. The first kappa shape index (κ1) is 12.5. The smallest absolute Gasteiger partial charge is 0.638 e. The van der Waals surface area contributed by atoms with E-state index in [0.29, 0.717) is 0 Å². The molecule has 0 aromatic heterocycles. The first-order valence-corrected chi connectivity index (χ1v) is 6.06. The van der Waals surface area contributed by atoms with Crippen LogP contribution in [0.1, 0.15) is 17.0 Å². The Bertz CT molecular complexity index is 643. The first-order chi connectivity index (χ1) is 8.92. The van der Waals surface area contributed by atoms with Crippen LogP contribution in [0, 0.1) is 6.26 Å². The van der Waals surface area contributed by atoms with E-state index in [1.807, 2.05) is 36.4 Å². The van der Waals surface area contributed by atoms with Gasteiger partial charge in [-0.15, -0.1) is 6.07 Å². The van der Waals surface area contributed by atoms with Crippen LogP contribution in [0.3, 0.4) is 0 Å². The van der Waals surface area contributed by atoms with Crippen LogP contribution >= 0.6 is 0 Å². The normalized spacial score (nSPS) is 18.5. The number of allylic oxidation sites excluding steroid dienone is 1. The van der Waals surface area contributed by atoms with E-state index in [9.17, 15) is 0 Å². The maximum absolute atomic E-state index is 5.87. The van der Waals surface area contributed by atoms with Crippen molar-refractivity contribution in [2.45, 2.75) is 12.3 Å². The van der Waals surface area contributed by atoms with Gasteiger partial charge in [0.2, 0.25) is 0 Å². The van der Waals surface area contributed by atoms with Crippen LogP contribution in [0.25, 0.3) is 0 Å². The Morgan fingerprint density at radius 1 is 0.947 bits per heavy atom. The average Bonchev–Trinajstić information content (AvgIpc) is 2.45. The molecule has 0 amide bonds. The van der Waals surface area contributed by atoms with E-state index in [-0.39, 0.29) is 28.3 Å². The van der Waals surface area contributed by atoms with E-state index in [1.165, 1.54) is 11.1 Å². The van der Waals surface area contributed by atoms with Crippen LogP contribution in [0.4, 0.5) is 0 Å². The predicted molar refractivity (Wildman–Crippen MR) is 67.3 cm³/mol. The molecular formula is C16H11AuO2. The number of hydrogen-bond acceptors (Lipinski definition) is 2. The molecule has 0 N–H and O–H groups in total. The van der Waals surface area contributed by atoms with Gasteiger partial charge < -0.3 is 9.47 Å². The zero-order chi connectivity index (χ0) is 11.9.